The molecule has 1 aromatic carbocycles. The lowest BCUT2D eigenvalue weighted by atomic mass is 10.1. The van der Waals surface area contributed by atoms with Gasteiger partial charge in [0.15, 0.2) is 0 Å². The van der Waals surface area contributed by atoms with Crippen molar-refractivity contribution in [2.75, 3.05) is 6.54 Å². The minimum absolute atomic E-state index is 0.400. The maximum absolute atomic E-state index is 11.4. The molecule has 19 heavy (non-hydrogen) atoms. The van der Waals surface area contributed by atoms with E-state index < -0.39 is 11.7 Å². The molecular formula is C15H20BrNO2. The number of carbonyl (C=O) groups is 1. The molecule has 3 nitrogen and oxygen atoms in total. The van der Waals surface area contributed by atoms with E-state index in [2.05, 4.69) is 21.2 Å². The van der Waals surface area contributed by atoms with E-state index in [1.807, 2.05) is 58.0 Å². The Bertz CT molecular complexity index is 476. The summed E-state index contributed by atoms with van der Waals surface area (Å²) in [5.74, 6) is 0. The van der Waals surface area contributed by atoms with Crippen LogP contribution in [0.2, 0.25) is 0 Å². The summed E-state index contributed by atoms with van der Waals surface area (Å²) in [6, 6.07) is 6.09. The molecule has 0 aromatic heterocycles. The lowest BCUT2D eigenvalue weighted by molar-refractivity contribution is 0.0534. The van der Waals surface area contributed by atoms with Crippen molar-refractivity contribution in [3.63, 3.8) is 0 Å². The predicted octanol–water partition coefficient (Wildman–Crippen LogP) is 4.30. The van der Waals surface area contributed by atoms with Crippen LogP contribution in [0.1, 0.15) is 31.9 Å². The molecule has 0 aliphatic heterocycles. The van der Waals surface area contributed by atoms with Gasteiger partial charge in [-0.15, -0.1) is 0 Å². The van der Waals surface area contributed by atoms with Crippen molar-refractivity contribution >= 4 is 28.1 Å². The average molecular weight is 326 g/mol. The van der Waals surface area contributed by atoms with Gasteiger partial charge in [0.2, 0.25) is 0 Å². The lowest BCUT2D eigenvalue weighted by Crippen LogP contribution is -2.32. The molecule has 1 amide bonds. The quantitative estimate of drug-likeness (QED) is 0.899. The van der Waals surface area contributed by atoms with Gasteiger partial charge < -0.3 is 10.1 Å². The summed E-state index contributed by atoms with van der Waals surface area (Å²) in [4.78, 5) is 11.4. The van der Waals surface area contributed by atoms with Crippen LogP contribution in [0, 0.1) is 6.92 Å². The number of hydrogen-bond acceptors (Lipinski definition) is 2. The van der Waals surface area contributed by atoms with Crippen LogP contribution in [-0.4, -0.2) is 18.2 Å². The molecule has 0 aliphatic rings. The molecular weight excluding hydrogens is 306 g/mol. The third kappa shape index (κ3) is 6.43. The number of rotatable bonds is 3. The van der Waals surface area contributed by atoms with E-state index in [9.17, 15) is 4.79 Å². The van der Waals surface area contributed by atoms with Crippen LogP contribution in [0.15, 0.2) is 28.7 Å². The number of nitrogens with one attached hydrogen (secondary N) is 1. The van der Waals surface area contributed by atoms with Gasteiger partial charge in [0, 0.05) is 11.0 Å². The maximum atomic E-state index is 11.4. The highest BCUT2D eigenvalue weighted by atomic mass is 79.9. The first kappa shape index (κ1) is 15.8. The molecule has 0 radical (unpaired) electrons. The van der Waals surface area contributed by atoms with Gasteiger partial charge in [0.25, 0.3) is 0 Å². The molecule has 0 saturated heterocycles. The van der Waals surface area contributed by atoms with Crippen LogP contribution in [0.4, 0.5) is 4.79 Å². The fraction of sp³-hybridized carbons (Fsp3) is 0.400. The Morgan fingerprint density at radius 2 is 2.11 bits per heavy atom. The largest absolute Gasteiger partial charge is 0.444 e. The first-order valence-electron chi connectivity index (χ1n) is 6.17. The summed E-state index contributed by atoms with van der Waals surface area (Å²) in [6.45, 7) is 8.02. The first-order valence-corrected chi connectivity index (χ1v) is 6.97. The molecule has 0 aliphatic carbocycles. The Hall–Kier alpha value is -1.29. The summed E-state index contributed by atoms with van der Waals surface area (Å²) >= 11 is 3.44. The molecule has 4 heteroatoms. The van der Waals surface area contributed by atoms with Gasteiger partial charge in [-0.25, -0.2) is 4.79 Å². The number of amides is 1. The van der Waals surface area contributed by atoms with Gasteiger partial charge in [0.1, 0.15) is 5.60 Å². The zero-order chi connectivity index (χ0) is 14.5. The number of benzene rings is 1. The second-order valence-electron chi connectivity index (χ2n) is 5.29. The zero-order valence-corrected chi connectivity index (χ0v) is 13.4. The molecule has 1 aromatic rings. The van der Waals surface area contributed by atoms with E-state index in [0.717, 1.165) is 10.0 Å². The average Bonchev–Trinajstić information content (AvgIpc) is 2.26. The third-order valence-electron chi connectivity index (χ3n) is 2.30. The molecule has 1 N–H and O–H groups in total. The van der Waals surface area contributed by atoms with Crippen molar-refractivity contribution in [3.05, 3.63) is 39.9 Å². The summed E-state index contributed by atoms with van der Waals surface area (Å²) in [7, 11) is 0. The van der Waals surface area contributed by atoms with E-state index in [1.165, 1.54) is 5.56 Å². The summed E-state index contributed by atoms with van der Waals surface area (Å²) in [5, 5.41) is 2.68. The predicted molar refractivity (Wildman–Crippen MR) is 82.1 cm³/mol. The van der Waals surface area contributed by atoms with E-state index in [-0.39, 0.29) is 0 Å². The Labute approximate surface area is 123 Å². The van der Waals surface area contributed by atoms with E-state index in [4.69, 9.17) is 4.74 Å². The van der Waals surface area contributed by atoms with Gasteiger partial charge in [0.05, 0.1) is 0 Å². The summed E-state index contributed by atoms with van der Waals surface area (Å²) in [6.07, 6.45) is 3.49. The Balaban J connectivity index is 2.47. The molecule has 0 saturated carbocycles. The molecule has 0 atom stereocenters. The number of aryl methyl sites for hydroxylation is 1. The highest BCUT2D eigenvalue weighted by Crippen LogP contribution is 2.17. The maximum Gasteiger partial charge on any atom is 0.407 e. The molecule has 0 heterocycles. The molecule has 1 rings (SSSR count). The monoisotopic (exact) mass is 325 g/mol. The van der Waals surface area contributed by atoms with Gasteiger partial charge >= 0.3 is 6.09 Å². The summed E-state index contributed by atoms with van der Waals surface area (Å²) < 4.78 is 6.18. The van der Waals surface area contributed by atoms with Gasteiger partial charge in [-0.2, -0.15) is 0 Å². The van der Waals surface area contributed by atoms with Crippen molar-refractivity contribution in [1.82, 2.24) is 5.32 Å². The normalized spacial score (nSPS) is 11.6. The number of hydrogen-bond donors (Lipinski definition) is 1. The second kappa shape index (κ2) is 6.75. The topological polar surface area (TPSA) is 38.3 Å². The van der Waals surface area contributed by atoms with Crippen LogP contribution < -0.4 is 5.32 Å². The van der Waals surface area contributed by atoms with Gasteiger partial charge in [-0.3, -0.25) is 0 Å². The van der Waals surface area contributed by atoms with Crippen molar-refractivity contribution in [2.24, 2.45) is 0 Å². The molecule has 104 valence electrons. The standard InChI is InChI=1S/C15H20BrNO2/c1-11-7-8-13(16)10-12(11)6-5-9-17-14(18)19-15(2,3)4/h5-8,10H,9H2,1-4H3,(H,17,18). The molecule has 0 fully saturated rings. The number of carbonyl (C=O) groups excluding carboxylic acids is 1. The highest BCUT2D eigenvalue weighted by molar-refractivity contribution is 9.10. The van der Waals surface area contributed by atoms with E-state index in [1.54, 1.807) is 0 Å². The fourth-order valence-electron chi connectivity index (χ4n) is 1.43. The van der Waals surface area contributed by atoms with Gasteiger partial charge in [-0.1, -0.05) is 34.1 Å². The van der Waals surface area contributed by atoms with Gasteiger partial charge in [-0.05, 0) is 51.0 Å². The van der Waals surface area contributed by atoms with Crippen LogP contribution in [0.3, 0.4) is 0 Å². The third-order valence-corrected chi connectivity index (χ3v) is 2.80. The van der Waals surface area contributed by atoms with Crippen LogP contribution >= 0.6 is 15.9 Å². The number of ether oxygens (including phenoxy) is 1. The molecule has 0 spiro atoms. The van der Waals surface area contributed by atoms with Crippen molar-refractivity contribution in [2.45, 2.75) is 33.3 Å². The second-order valence-corrected chi connectivity index (χ2v) is 6.20. The Morgan fingerprint density at radius 1 is 1.42 bits per heavy atom. The first-order chi connectivity index (χ1) is 8.78. The zero-order valence-electron chi connectivity index (χ0n) is 11.8. The fourth-order valence-corrected chi connectivity index (χ4v) is 1.81. The van der Waals surface area contributed by atoms with E-state index in [0.29, 0.717) is 6.54 Å². The highest BCUT2D eigenvalue weighted by Gasteiger charge is 2.14. The number of halogens is 1. The van der Waals surface area contributed by atoms with E-state index >= 15 is 0 Å². The smallest absolute Gasteiger partial charge is 0.407 e. The summed E-state index contributed by atoms with van der Waals surface area (Å²) in [5.41, 5.74) is 1.85. The van der Waals surface area contributed by atoms with Crippen molar-refractivity contribution in [3.8, 4) is 0 Å². The van der Waals surface area contributed by atoms with Crippen molar-refractivity contribution < 1.29 is 9.53 Å². The van der Waals surface area contributed by atoms with Crippen molar-refractivity contribution in [1.29, 1.82) is 0 Å². The minimum Gasteiger partial charge on any atom is -0.444 e. The Morgan fingerprint density at radius 3 is 2.74 bits per heavy atom. The van der Waals surface area contributed by atoms with Crippen LogP contribution in [0.5, 0.6) is 0 Å². The van der Waals surface area contributed by atoms with Crippen LogP contribution in [0.25, 0.3) is 6.08 Å². The number of alkyl carbamates (subject to hydrolysis) is 1. The molecule has 0 unspecified atom stereocenters. The minimum atomic E-state index is -0.464. The Kier molecular flexibility index (Phi) is 5.60. The SMILES string of the molecule is Cc1ccc(Br)cc1C=CCNC(=O)OC(C)(C)C. The molecule has 0 bridgehead atoms. The lowest BCUT2D eigenvalue weighted by Gasteiger charge is -2.19. The van der Waals surface area contributed by atoms with Crippen LogP contribution in [-0.2, 0) is 4.74 Å².